The molecule has 0 bridgehead atoms. The van der Waals surface area contributed by atoms with Crippen LogP contribution in [0.3, 0.4) is 0 Å². The molecule has 1 fully saturated rings. The van der Waals surface area contributed by atoms with Crippen LogP contribution in [0.25, 0.3) is 0 Å². The Morgan fingerprint density at radius 2 is 2.16 bits per heavy atom. The Morgan fingerprint density at radius 3 is 2.68 bits per heavy atom. The number of aliphatic carboxylic acids is 1. The van der Waals surface area contributed by atoms with Crippen molar-refractivity contribution in [3.05, 3.63) is 35.9 Å². The number of carboxylic acid groups (broad SMARTS) is 1. The minimum atomic E-state index is -0.755. The largest absolute Gasteiger partial charge is 0.481 e. The number of hydrogen-bond acceptors (Lipinski definition) is 3. The fourth-order valence-electron chi connectivity index (χ4n) is 2.89. The highest BCUT2D eigenvalue weighted by atomic mass is 16.4. The van der Waals surface area contributed by atoms with Gasteiger partial charge in [0.2, 0.25) is 0 Å². The highest BCUT2D eigenvalue weighted by molar-refractivity contribution is 5.76. The van der Waals surface area contributed by atoms with E-state index in [1.165, 1.54) is 0 Å². The van der Waals surface area contributed by atoms with Crippen LogP contribution in [-0.2, 0) is 4.79 Å². The van der Waals surface area contributed by atoms with Crippen LogP contribution in [0.2, 0.25) is 0 Å². The van der Waals surface area contributed by atoms with Gasteiger partial charge in [-0.2, -0.15) is 0 Å². The lowest BCUT2D eigenvalue weighted by atomic mass is 9.98. The molecule has 0 amide bonds. The molecule has 1 heterocycles. The Kier molecular flexibility index (Phi) is 4.56. The highest BCUT2D eigenvalue weighted by Gasteiger charge is 2.32. The first kappa shape index (κ1) is 14.0. The summed E-state index contributed by atoms with van der Waals surface area (Å²) in [5.74, 6) is -0.713. The summed E-state index contributed by atoms with van der Waals surface area (Å²) in [4.78, 5) is 13.7. The smallest absolute Gasteiger partial charge is 0.312 e. The average Bonchev–Trinajstić information content (AvgIpc) is 2.77. The summed E-state index contributed by atoms with van der Waals surface area (Å²) in [7, 11) is 0. The molecule has 0 radical (unpaired) electrons. The van der Waals surface area contributed by atoms with Gasteiger partial charge in [-0.25, -0.2) is 0 Å². The molecular weight excluding hydrogens is 240 g/mol. The molecule has 0 saturated carbocycles. The number of rotatable bonds is 5. The summed E-state index contributed by atoms with van der Waals surface area (Å²) in [6.45, 7) is 4.31. The number of hydrogen-bond donors (Lipinski definition) is 2. The van der Waals surface area contributed by atoms with Gasteiger partial charge in [0.25, 0.3) is 0 Å². The molecule has 3 N–H and O–H groups in total. The Bertz CT molecular complexity index is 421. The van der Waals surface area contributed by atoms with E-state index in [4.69, 9.17) is 5.73 Å². The third-order valence-electron chi connectivity index (χ3n) is 4.04. The van der Waals surface area contributed by atoms with Gasteiger partial charge in [-0.1, -0.05) is 30.3 Å². The highest BCUT2D eigenvalue weighted by Crippen LogP contribution is 2.26. The summed E-state index contributed by atoms with van der Waals surface area (Å²) in [5, 5.41) is 9.45. The lowest BCUT2D eigenvalue weighted by Gasteiger charge is -2.25. The van der Waals surface area contributed by atoms with Crippen LogP contribution < -0.4 is 5.73 Å². The molecule has 4 nitrogen and oxygen atoms in total. The second-order valence-electron chi connectivity index (χ2n) is 5.44. The topological polar surface area (TPSA) is 66.6 Å². The zero-order chi connectivity index (χ0) is 13.8. The lowest BCUT2D eigenvalue weighted by molar-refractivity contribution is -0.139. The number of benzene rings is 1. The van der Waals surface area contributed by atoms with E-state index in [0.717, 1.165) is 18.5 Å². The summed E-state index contributed by atoms with van der Waals surface area (Å²) < 4.78 is 0. The van der Waals surface area contributed by atoms with Crippen molar-refractivity contribution in [2.45, 2.75) is 25.3 Å². The minimum absolute atomic E-state index is 0.416. The van der Waals surface area contributed by atoms with Gasteiger partial charge in [-0.15, -0.1) is 0 Å². The van der Waals surface area contributed by atoms with Crippen molar-refractivity contribution in [2.75, 3.05) is 19.6 Å². The maximum absolute atomic E-state index is 11.5. The molecule has 0 aliphatic carbocycles. The van der Waals surface area contributed by atoms with E-state index < -0.39 is 11.9 Å². The van der Waals surface area contributed by atoms with E-state index in [1.807, 2.05) is 30.3 Å². The molecule has 4 heteroatoms. The molecule has 1 aliphatic rings. The van der Waals surface area contributed by atoms with E-state index in [0.29, 0.717) is 25.0 Å². The van der Waals surface area contributed by atoms with Crippen molar-refractivity contribution in [3.8, 4) is 0 Å². The van der Waals surface area contributed by atoms with Gasteiger partial charge in [-0.3, -0.25) is 9.69 Å². The third-order valence-corrected chi connectivity index (χ3v) is 4.04. The van der Waals surface area contributed by atoms with Crippen molar-refractivity contribution in [3.63, 3.8) is 0 Å². The zero-order valence-corrected chi connectivity index (χ0v) is 11.3. The second-order valence-corrected chi connectivity index (χ2v) is 5.44. The maximum Gasteiger partial charge on any atom is 0.312 e. The van der Waals surface area contributed by atoms with Gasteiger partial charge in [-0.05, 0) is 31.4 Å². The SMILES string of the molecule is CC1CC(CN)CN1CC(C(=O)O)c1ccccc1. The molecule has 3 unspecified atom stereocenters. The van der Waals surface area contributed by atoms with Crippen molar-refractivity contribution in [1.29, 1.82) is 0 Å². The summed E-state index contributed by atoms with van der Waals surface area (Å²) in [6, 6.07) is 9.88. The minimum Gasteiger partial charge on any atom is -0.481 e. The van der Waals surface area contributed by atoms with Gasteiger partial charge in [0.15, 0.2) is 0 Å². The van der Waals surface area contributed by atoms with Crippen LogP contribution in [0.1, 0.15) is 24.8 Å². The summed E-state index contributed by atoms with van der Waals surface area (Å²) in [6.07, 6.45) is 1.07. The molecule has 3 atom stereocenters. The van der Waals surface area contributed by atoms with Gasteiger partial charge in [0.1, 0.15) is 0 Å². The van der Waals surface area contributed by atoms with Crippen LogP contribution in [0, 0.1) is 5.92 Å². The quantitative estimate of drug-likeness (QED) is 0.844. The van der Waals surface area contributed by atoms with E-state index in [-0.39, 0.29) is 0 Å². The molecule has 1 aromatic rings. The molecule has 0 spiro atoms. The van der Waals surface area contributed by atoms with Gasteiger partial charge < -0.3 is 10.8 Å². The molecular formula is C15H22N2O2. The molecule has 2 rings (SSSR count). The van der Waals surface area contributed by atoms with Crippen molar-refractivity contribution >= 4 is 5.97 Å². The van der Waals surface area contributed by atoms with Crippen LogP contribution >= 0.6 is 0 Å². The fraction of sp³-hybridized carbons (Fsp3) is 0.533. The maximum atomic E-state index is 11.5. The normalized spacial score (nSPS) is 25.4. The summed E-state index contributed by atoms with van der Waals surface area (Å²) >= 11 is 0. The Labute approximate surface area is 114 Å². The number of carbonyl (C=O) groups is 1. The second kappa shape index (κ2) is 6.17. The zero-order valence-electron chi connectivity index (χ0n) is 11.3. The van der Waals surface area contributed by atoms with Gasteiger partial charge >= 0.3 is 5.97 Å². The predicted octanol–water partition coefficient (Wildman–Crippen LogP) is 1.52. The molecule has 19 heavy (non-hydrogen) atoms. The first-order valence-electron chi connectivity index (χ1n) is 6.83. The van der Waals surface area contributed by atoms with Gasteiger partial charge in [0.05, 0.1) is 5.92 Å². The number of carboxylic acids is 1. The number of nitrogens with two attached hydrogens (primary N) is 1. The van der Waals surface area contributed by atoms with E-state index >= 15 is 0 Å². The number of likely N-dealkylation sites (tertiary alicyclic amines) is 1. The van der Waals surface area contributed by atoms with Crippen LogP contribution in [-0.4, -0.2) is 41.7 Å². The Balaban J connectivity index is 2.08. The van der Waals surface area contributed by atoms with Crippen molar-refractivity contribution < 1.29 is 9.90 Å². The monoisotopic (exact) mass is 262 g/mol. The molecule has 1 aliphatic heterocycles. The first-order chi connectivity index (χ1) is 9.11. The van der Waals surface area contributed by atoms with Crippen LogP contribution in [0.15, 0.2) is 30.3 Å². The molecule has 1 aromatic carbocycles. The lowest BCUT2D eigenvalue weighted by Crippen LogP contribution is -2.34. The number of nitrogens with zero attached hydrogens (tertiary/aromatic N) is 1. The summed E-state index contributed by atoms with van der Waals surface area (Å²) in [5.41, 5.74) is 6.59. The first-order valence-corrected chi connectivity index (χ1v) is 6.83. The average molecular weight is 262 g/mol. The molecule has 1 saturated heterocycles. The van der Waals surface area contributed by atoms with Crippen molar-refractivity contribution in [1.82, 2.24) is 4.90 Å². The van der Waals surface area contributed by atoms with E-state index in [2.05, 4.69) is 11.8 Å². The third kappa shape index (κ3) is 3.33. The van der Waals surface area contributed by atoms with Crippen LogP contribution in [0.4, 0.5) is 0 Å². The Hall–Kier alpha value is -1.39. The fourth-order valence-corrected chi connectivity index (χ4v) is 2.89. The predicted molar refractivity (Wildman–Crippen MR) is 75.0 cm³/mol. The standard InChI is InChI=1S/C15H22N2O2/c1-11-7-12(8-16)9-17(11)10-14(15(18)19)13-5-3-2-4-6-13/h2-6,11-12,14H,7-10,16H2,1H3,(H,18,19). The Morgan fingerprint density at radius 1 is 1.47 bits per heavy atom. The molecule has 104 valence electrons. The van der Waals surface area contributed by atoms with Gasteiger partial charge in [0, 0.05) is 19.1 Å². The van der Waals surface area contributed by atoms with Crippen LogP contribution in [0.5, 0.6) is 0 Å². The van der Waals surface area contributed by atoms with E-state index in [1.54, 1.807) is 0 Å². The molecule has 0 aromatic heterocycles. The van der Waals surface area contributed by atoms with E-state index in [9.17, 15) is 9.90 Å². The van der Waals surface area contributed by atoms with Crippen molar-refractivity contribution in [2.24, 2.45) is 11.7 Å².